The Morgan fingerprint density at radius 3 is 2.57 bits per heavy atom. The fourth-order valence-corrected chi connectivity index (χ4v) is 3.89. The first kappa shape index (κ1) is 22.1. The molecule has 0 unspecified atom stereocenters. The van der Waals surface area contributed by atoms with Crippen LogP contribution < -0.4 is 9.47 Å². The molecule has 3 atom stereocenters. The van der Waals surface area contributed by atoms with E-state index in [0.717, 1.165) is 6.42 Å². The number of halogens is 3. The van der Waals surface area contributed by atoms with Crippen molar-refractivity contribution in [2.75, 3.05) is 13.2 Å². The standard InChI is InChI=1S/C20H24F3N3O4/c1-19(8-9-27)7-6-14(17(18(19)28)10-26-13-24-12-25-26)11-29-15-2-4-16(5-3-15)30-20(21,22)23/h2-5,12-14,17,27H,6-11H2,1H3/t14-,17-,19-/m0/s1. The number of ether oxygens (including phenoxy) is 2. The number of Topliss-reactive ketones (excluding diaryl/α,β-unsaturated/α-hetero) is 1. The second-order valence-electron chi connectivity index (χ2n) is 7.75. The lowest BCUT2D eigenvalue weighted by Crippen LogP contribution is -2.46. The van der Waals surface area contributed by atoms with Crippen molar-refractivity contribution in [3.05, 3.63) is 36.9 Å². The Labute approximate surface area is 171 Å². The van der Waals surface area contributed by atoms with Crippen molar-refractivity contribution in [2.45, 2.75) is 39.1 Å². The lowest BCUT2D eigenvalue weighted by molar-refractivity contribution is -0.274. The zero-order chi connectivity index (χ0) is 21.8. The van der Waals surface area contributed by atoms with Gasteiger partial charge in [0.05, 0.1) is 13.2 Å². The predicted octanol–water partition coefficient (Wildman–Crippen LogP) is 3.24. The summed E-state index contributed by atoms with van der Waals surface area (Å²) in [5.41, 5.74) is -0.604. The van der Waals surface area contributed by atoms with E-state index in [9.17, 15) is 23.1 Å². The molecular weight excluding hydrogens is 403 g/mol. The number of alkyl halides is 3. The van der Waals surface area contributed by atoms with Gasteiger partial charge in [0, 0.05) is 23.9 Å². The maximum Gasteiger partial charge on any atom is 0.573 e. The number of ketones is 1. The fourth-order valence-electron chi connectivity index (χ4n) is 3.89. The van der Waals surface area contributed by atoms with Gasteiger partial charge in [0.2, 0.25) is 0 Å². The summed E-state index contributed by atoms with van der Waals surface area (Å²) in [6.07, 6.45) is -0.0586. The molecule has 0 bridgehead atoms. The minimum Gasteiger partial charge on any atom is -0.493 e. The summed E-state index contributed by atoms with van der Waals surface area (Å²) in [4.78, 5) is 17.1. The number of nitrogens with zero attached hydrogens (tertiary/aromatic N) is 3. The van der Waals surface area contributed by atoms with Crippen molar-refractivity contribution in [3.63, 3.8) is 0 Å². The minimum atomic E-state index is -4.75. The van der Waals surface area contributed by atoms with Gasteiger partial charge in [0.15, 0.2) is 0 Å². The average Bonchev–Trinajstić information content (AvgIpc) is 3.19. The van der Waals surface area contributed by atoms with E-state index >= 15 is 0 Å². The van der Waals surface area contributed by atoms with E-state index in [4.69, 9.17) is 4.74 Å². The summed E-state index contributed by atoms with van der Waals surface area (Å²) in [5, 5.41) is 13.5. The van der Waals surface area contributed by atoms with Gasteiger partial charge in [-0.3, -0.25) is 9.48 Å². The largest absolute Gasteiger partial charge is 0.573 e. The van der Waals surface area contributed by atoms with Crippen molar-refractivity contribution in [1.29, 1.82) is 0 Å². The third-order valence-corrected chi connectivity index (χ3v) is 5.60. The molecule has 0 amide bonds. The van der Waals surface area contributed by atoms with Gasteiger partial charge in [0.1, 0.15) is 29.9 Å². The molecule has 1 saturated carbocycles. The number of aromatic nitrogens is 3. The van der Waals surface area contributed by atoms with Gasteiger partial charge in [-0.15, -0.1) is 13.2 Å². The topological polar surface area (TPSA) is 86.5 Å². The van der Waals surface area contributed by atoms with E-state index in [-0.39, 0.29) is 36.6 Å². The monoisotopic (exact) mass is 427 g/mol. The Kier molecular flexibility index (Phi) is 6.64. The SMILES string of the molecule is C[C@@]1(CCO)CC[C@@H](COc2ccc(OC(F)(F)F)cc2)[C@H](Cn2cncn2)C1=O. The first-order valence-electron chi connectivity index (χ1n) is 9.66. The predicted molar refractivity (Wildman–Crippen MR) is 99.7 cm³/mol. The Morgan fingerprint density at radius 1 is 1.27 bits per heavy atom. The highest BCUT2D eigenvalue weighted by Crippen LogP contribution is 2.42. The second kappa shape index (κ2) is 9.03. The van der Waals surface area contributed by atoms with E-state index in [1.165, 1.54) is 30.6 Å². The highest BCUT2D eigenvalue weighted by atomic mass is 19.4. The van der Waals surface area contributed by atoms with Crippen LogP contribution in [-0.2, 0) is 11.3 Å². The van der Waals surface area contributed by atoms with Crippen LogP contribution in [0.3, 0.4) is 0 Å². The lowest BCUT2D eigenvalue weighted by atomic mass is 9.64. The van der Waals surface area contributed by atoms with Crippen molar-refractivity contribution in [2.24, 2.45) is 17.3 Å². The molecule has 1 aliphatic rings. The molecule has 1 aliphatic carbocycles. The Balaban J connectivity index is 1.68. The quantitative estimate of drug-likeness (QED) is 0.696. The van der Waals surface area contributed by atoms with Crippen molar-refractivity contribution in [3.8, 4) is 11.5 Å². The van der Waals surface area contributed by atoms with Crippen LogP contribution in [0, 0.1) is 17.3 Å². The van der Waals surface area contributed by atoms with Gasteiger partial charge < -0.3 is 14.6 Å². The normalized spacial score (nSPS) is 24.6. The summed E-state index contributed by atoms with van der Waals surface area (Å²) in [6, 6.07) is 5.15. The van der Waals surface area contributed by atoms with Gasteiger partial charge in [-0.05, 0) is 43.5 Å². The number of rotatable bonds is 8. The number of benzene rings is 1. The van der Waals surface area contributed by atoms with Gasteiger partial charge in [0.25, 0.3) is 0 Å². The van der Waals surface area contributed by atoms with Crippen LogP contribution in [0.5, 0.6) is 11.5 Å². The highest BCUT2D eigenvalue weighted by molar-refractivity contribution is 5.87. The zero-order valence-corrected chi connectivity index (χ0v) is 16.5. The molecule has 2 aromatic rings. The van der Waals surface area contributed by atoms with Crippen LogP contribution in [0.15, 0.2) is 36.9 Å². The molecule has 0 aliphatic heterocycles. The van der Waals surface area contributed by atoms with Crippen molar-refractivity contribution >= 4 is 5.78 Å². The molecule has 0 spiro atoms. The maximum absolute atomic E-state index is 13.2. The van der Waals surface area contributed by atoms with Gasteiger partial charge in [-0.2, -0.15) is 5.10 Å². The van der Waals surface area contributed by atoms with Crippen LogP contribution >= 0.6 is 0 Å². The van der Waals surface area contributed by atoms with Crippen LogP contribution in [-0.4, -0.2) is 45.2 Å². The molecule has 164 valence electrons. The van der Waals surface area contributed by atoms with Gasteiger partial charge in [-0.25, -0.2) is 4.98 Å². The lowest BCUT2D eigenvalue weighted by Gasteiger charge is -2.41. The molecule has 1 aromatic heterocycles. The van der Waals surface area contributed by atoms with E-state index in [2.05, 4.69) is 14.8 Å². The summed E-state index contributed by atoms with van der Waals surface area (Å²) in [5.74, 6) is -0.350. The number of carbonyl (C=O) groups is 1. The van der Waals surface area contributed by atoms with Gasteiger partial charge >= 0.3 is 6.36 Å². The zero-order valence-electron chi connectivity index (χ0n) is 16.5. The van der Waals surface area contributed by atoms with E-state index in [1.807, 2.05) is 6.92 Å². The first-order valence-corrected chi connectivity index (χ1v) is 9.66. The number of hydrogen-bond donors (Lipinski definition) is 1. The molecule has 10 heteroatoms. The summed E-state index contributed by atoms with van der Waals surface area (Å²) < 4.78 is 48.0. The third kappa shape index (κ3) is 5.50. The Bertz CT molecular complexity index is 827. The van der Waals surface area contributed by atoms with Crippen LogP contribution in [0.25, 0.3) is 0 Å². The van der Waals surface area contributed by atoms with Crippen molar-refractivity contribution < 1.29 is 32.5 Å². The molecule has 1 aromatic carbocycles. The van der Waals surface area contributed by atoms with Crippen LogP contribution in [0.2, 0.25) is 0 Å². The van der Waals surface area contributed by atoms with Crippen molar-refractivity contribution in [1.82, 2.24) is 14.8 Å². The number of carbonyl (C=O) groups excluding carboxylic acids is 1. The summed E-state index contributed by atoms with van der Waals surface area (Å²) in [6.45, 7) is 2.40. The molecule has 1 N–H and O–H groups in total. The molecule has 0 saturated heterocycles. The number of aliphatic hydroxyl groups excluding tert-OH is 1. The second-order valence-corrected chi connectivity index (χ2v) is 7.75. The van der Waals surface area contributed by atoms with E-state index in [1.54, 1.807) is 11.0 Å². The number of hydrogen-bond acceptors (Lipinski definition) is 6. The smallest absolute Gasteiger partial charge is 0.493 e. The minimum absolute atomic E-state index is 0.0563. The molecular formula is C20H24F3N3O4. The third-order valence-electron chi connectivity index (χ3n) is 5.60. The molecule has 1 fully saturated rings. The Hall–Kier alpha value is -2.62. The molecule has 0 radical (unpaired) electrons. The number of aliphatic hydroxyl groups is 1. The molecule has 1 heterocycles. The van der Waals surface area contributed by atoms with E-state index in [0.29, 0.717) is 25.1 Å². The molecule has 30 heavy (non-hydrogen) atoms. The van der Waals surface area contributed by atoms with Gasteiger partial charge in [-0.1, -0.05) is 6.92 Å². The Morgan fingerprint density at radius 2 is 1.97 bits per heavy atom. The van der Waals surface area contributed by atoms with E-state index < -0.39 is 11.8 Å². The van der Waals surface area contributed by atoms with Crippen LogP contribution in [0.4, 0.5) is 13.2 Å². The molecule has 3 rings (SSSR count). The van der Waals surface area contributed by atoms with Crippen LogP contribution in [0.1, 0.15) is 26.2 Å². The first-order chi connectivity index (χ1) is 14.2. The molecule has 7 nitrogen and oxygen atoms in total. The summed E-state index contributed by atoms with van der Waals surface area (Å²) in [7, 11) is 0. The highest BCUT2D eigenvalue weighted by Gasteiger charge is 2.45. The summed E-state index contributed by atoms with van der Waals surface area (Å²) >= 11 is 0. The average molecular weight is 427 g/mol. The maximum atomic E-state index is 13.2. The fraction of sp³-hybridized carbons (Fsp3) is 0.550.